The zero-order valence-electron chi connectivity index (χ0n) is 11.5. The highest BCUT2D eigenvalue weighted by atomic mass is 16.1. The molecule has 0 unspecified atom stereocenters. The quantitative estimate of drug-likeness (QED) is 0.889. The van der Waals surface area contributed by atoms with Crippen LogP contribution < -0.4 is 5.32 Å². The maximum Gasteiger partial charge on any atom is 0.252 e. The maximum absolute atomic E-state index is 12.0. The van der Waals surface area contributed by atoms with Gasteiger partial charge in [-0.05, 0) is 24.3 Å². The molecule has 2 N–H and O–H groups in total. The maximum atomic E-state index is 12.0. The van der Waals surface area contributed by atoms with E-state index in [1.807, 2.05) is 24.4 Å². The van der Waals surface area contributed by atoms with Crippen molar-refractivity contribution in [3.8, 4) is 6.07 Å². The van der Waals surface area contributed by atoms with E-state index < -0.39 is 0 Å². The van der Waals surface area contributed by atoms with Crippen LogP contribution in [-0.4, -0.2) is 22.4 Å². The van der Waals surface area contributed by atoms with Crippen molar-refractivity contribution in [2.24, 2.45) is 0 Å². The van der Waals surface area contributed by atoms with Crippen molar-refractivity contribution in [2.75, 3.05) is 6.54 Å². The Morgan fingerprint density at radius 3 is 2.80 bits per heavy atom. The lowest BCUT2D eigenvalue weighted by atomic mass is 9.89. The standard InChI is InChI=1S/C15H16N4O/c1-15(2,13-4-3-7-17-13)10-19-14(20)11-5-6-12(8-16)18-9-11/h3-7,9,17H,10H2,1-2H3,(H,19,20). The molecule has 5 heteroatoms. The minimum absolute atomic E-state index is 0.181. The summed E-state index contributed by atoms with van der Waals surface area (Å²) in [6.07, 6.45) is 3.28. The Morgan fingerprint density at radius 1 is 1.45 bits per heavy atom. The van der Waals surface area contributed by atoms with E-state index in [1.54, 1.807) is 6.07 Å². The molecule has 0 saturated carbocycles. The highest BCUT2D eigenvalue weighted by Gasteiger charge is 2.22. The number of hydrogen-bond acceptors (Lipinski definition) is 3. The second kappa shape index (κ2) is 5.57. The van der Waals surface area contributed by atoms with Crippen molar-refractivity contribution in [3.63, 3.8) is 0 Å². The molecule has 0 aliphatic heterocycles. The van der Waals surface area contributed by atoms with Gasteiger partial charge in [-0.2, -0.15) is 5.26 Å². The first-order valence-electron chi connectivity index (χ1n) is 6.31. The summed E-state index contributed by atoms with van der Waals surface area (Å²) in [5.41, 5.74) is 1.63. The van der Waals surface area contributed by atoms with Crippen molar-refractivity contribution in [1.82, 2.24) is 15.3 Å². The molecular weight excluding hydrogens is 252 g/mol. The number of amides is 1. The molecule has 0 saturated heterocycles. The number of aromatic nitrogens is 2. The number of carbonyl (C=O) groups is 1. The summed E-state index contributed by atoms with van der Waals surface area (Å²) in [6.45, 7) is 4.61. The van der Waals surface area contributed by atoms with Crippen LogP contribution in [0.5, 0.6) is 0 Å². The monoisotopic (exact) mass is 268 g/mol. The molecule has 2 aromatic rings. The topological polar surface area (TPSA) is 81.6 Å². The van der Waals surface area contributed by atoms with Gasteiger partial charge < -0.3 is 10.3 Å². The Labute approximate surface area is 117 Å². The molecule has 0 aromatic carbocycles. The van der Waals surface area contributed by atoms with Gasteiger partial charge in [0, 0.05) is 30.0 Å². The van der Waals surface area contributed by atoms with Gasteiger partial charge in [0.2, 0.25) is 0 Å². The van der Waals surface area contributed by atoms with Crippen molar-refractivity contribution in [2.45, 2.75) is 19.3 Å². The Kier molecular flexibility index (Phi) is 3.85. The molecule has 0 bridgehead atoms. The molecular formula is C15H16N4O. The molecule has 2 rings (SSSR count). The van der Waals surface area contributed by atoms with E-state index in [9.17, 15) is 4.79 Å². The molecule has 102 valence electrons. The van der Waals surface area contributed by atoms with Crippen molar-refractivity contribution in [3.05, 3.63) is 53.6 Å². The first-order chi connectivity index (χ1) is 9.53. The van der Waals surface area contributed by atoms with Crippen LogP contribution in [0.25, 0.3) is 0 Å². The summed E-state index contributed by atoms with van der Waals surface area (Å²) < 4.78 is 0. The summed E-state index contributed by atoms with van der Waals surface area (Å²) in [5, 5.41) is 11.5. The fourth-order valence-electron chi connectivity index (χ4n) is 1.84. The van der Waals surface area contributed by atoms with Crippen LogP contribution in [0.4, 0.5) is 0 Å². The summed E-state index contributed by atoms with van der Waals surface area (Å²) in [5.74, 6) is -0.193. The number of nitriles is 1. The Morgan fingerprint density at radius 2 is 2.25 bits per heavy atom. The average molecular weight is 268 g/mol. The molecule has 1 amide bonds. The van der Waals surface area contributed by atoms with Gasteiger partial charge >= 0.3 is 0 Å². The second-order valence-electron chi connectivity index (χ2n) is 5.19. The lowest BCUT2D eigenvalue weighted by Gasteiger charge is -2.23. The SMILES string of the molecule is CC(C)(CNC(=O)c1ccc(C#N)nc1)c1ccc[nH]1. The summed E-state index contributed by atoms with van der Waals surface area (Å²) in [6, 6.07) is 8.98. The first-order valence-corrected chi connectivity index (χ1v) is 6.31. The average Bonchev–Trinajstić information content (AvgIpc) is 3.00. The molecule has 5 nitrogen and oxygen atoms in total. The number of pyridine rings is 1. The minimum Gasteiger partial charge on any atom is -0.364 e. The second-order valence-corrected chi connectivity index (χ2v) is 5.19. The molecule has 0 aliphatic carbocycles. The Balaban J connectivity index is 2.00. The molecule has 2 aromatic heterocycles. The van der Waals surface area contributed by atoms with E-state index in [1.165, 1.54) is 12.3 Å². The molecule has 0 atom stereocenters. The van der Waals surface area contributed by atoms with Crippen molar-refractivity contribution < 1.29 is 4.79 Å². The zero-order chi connectivity index (χ0) is 14.6. The van der Waals surface area contributed by atoms with Gasteiger partial charge in [-0.15, -0.1) is 0 Å². The number of nitrogens with one attached hydrogen (secondary N) is 2. The van der Waals surface area contributed by atoms with Crippen LogP contribution in [0.2, 0.25) is 0 Å². The molecule has 0 aliphatic rings. The number of H-pyrrole nitrogens is 1. The fourth-order valence-corrected chi connectivity index (χ4v) is 1.84. The number of hydrogen-bond donors (Lipinski definition) is 2. The third kappa shape index (κ3) is 3.04. The fraction of sp³-hybridized carbons (Fsp3) is 0.267. The summed E-state index contributed by atoms with van der Waals surface area (Å²) >= 11 is 0. The predicted molar refractivity (Wildman–Crippen MR) is 75.1 cm³/mol. The predicted octanol–water partition coefficient (Wildman–Crippen LogP) is 1.99. The number of nitrogens with zero attached hydrogens (tertiary/aromatic N) is 2. The van der Waals surface area contributed by atoms with E-state index in [0.717, 1.165) is 5.69 Å². The van der Waals surface area contributed by atoms with Crippen molar-refractivity contribution >= 4 is 5.91 Å². The number of aromatic amines is 1. The van der Waals surface area contributed by atoms with Gasteiger partial charge in [0.05, 0.1) is 5.56 Å². The van der Waals surface area contributed by atoms with E-state index in [2.05, 4.69) is 29.1 Å². The lowest BCUT2D eigenvalue weighted by molar-refractivity contribution is 0.0945. The van der Waals surface area contributed by atoms with Gasteiger partial charge in [-0.25, -0.2) is 4.98 Å². The van der Waals surface area contributed by atoms with E-state index >= 15 is 0 Å². The van der Waals surface area contributed by atoms with Gasteiger partial charge in [0.25, 0.3) is 5.91 Å². The van der Waals surface area contributed by atoms with Gasteiger partial charge in [0.1, 0.15) is 11.8 Å². The minimum atomic E-state index is -0.193. The molecule has 0 radical (unpaired) electrons. The van der Waals surface area contributed by atoms with E-state index in [-0.39, 0.29) is 11.3 Å². The van der Waals surface area contributed by atoms with Crippen LogP contribution in [-0.2, 0) is 5.41 Å². The number of rotatable bonds is 4. The molecule has 0 spiro atoms. The van der Waals surface area contributed by atoms with Gasteiger partial charge in [-0.1, -0.05) is 13.8 Å². The van der Waals surface area contributed by atoms with E-state index in [0.29, 0.717) is 17.8 Å². The molecule has 20 heavy (non-hydrogen) atoms. The largest absolute Gasteiger partial charge is 0.364 e. The molecule has 0 fully saturated rings. The van der Waals surface area contributed by atoms with Crippen LogP contribution in [0.3, 0.4) is 0 Å². The van der Waals surface area contributed by atoms with E-state index in [4.69, 9.17) is 5.26 Å². The van der Waals surface area contributed by atoms with Gasteiger partial charge in [-0.3, -0.25) is 4.79 Å². The summed E-state index contributed by atoms with van der Waals surface area (Å²) in [7, 11) is 0. The summed E-state index contributed by atoms with van der Waals surface area (Å²) in [4.78, 5) is 19.1. The number of carbonyl (C=O) groups excluding carboxylic acids is 1. The third-order valence-corrected chi connectivity index (χ3v) is 3.16. The first kappa shape index (κ1) is 13.8. The highest BCUT2D eigenvalue weighted by Crippen LogP contribution is 2.20. The van der Waals surface area contributed by atoms with Crippen LogP contribution in [0.1, 0.15) is 35.6 Å². The Hall–Kier alpha value is -2.61. The van der Waals surface area contributed by atoms with Gasteiger partial charge in [0.15, 0.2) is 0 Å². The lowest BCUT2D eigenvalue weighted by Crippen LogP contribution is -2.36. The smallest absolute Gasteiger partial charge is 0.252 e. The zero-order valence-corrected chi connectivity index (χ0v) is 11.5. The third-order valence-electron chi connectivity index (χ3n) is 3.16. The van der Waals surface area contributed by atoms with Crippen LogP contribution in [0.15, 0.2) is 36.7 Å². The van der Waals surface area contributed by atoms with Crippen molar-refractivity contribution in [1.29, 1.82) is 5.26 Å². The highest BCUT2D eigenvalue weighted by molar-refractivity contribution is 5.93. The van der Waals surface area contributed by atoms with Crippen LogP contribution >= 0.6 is 0 Å². The normalized spacial score (nSPS) is 10.8. The Bertz CT molecular complexity index is 621. The van der Waals surface area contributed by atoms with Crippen LogP contribution in [0, 0.1) is 11.3 Å². The molecule has 2 heterocycles.